The quantitative estimate of drug-likeness (QED) is 0.157. The molecule has 13 heteroatoms. The molecule has 2 N–H and O–H groups in total. The Kier molecular flexibility index (Phi) is 10.9. The molecule has 292 valence electrons. The van der Waals surface area contributed by atoms with E-state index in [-0.39, 0.29) is 36.4 Å². The number of hydrogen-bond acceptors (Lipinski definition) is 9. The fourth-order valence-electron chi connectivity index (χ4n) is 7.73. The standard InChI is InChI=1S/C42H42N8O4.C2H4O/c1-5-36-45-38(35-24-48(4)18-19-49(35)36)28-10-7-9-26-20-33(44-22-30(26)28)27-12-13-32(43-21-27)39(52)47-42(2,3)17-16-25-8-6-11-29-31(25)23-50(41(29)54)34-14-15-37(51)46-40(34)53;1-2-3/h6-13,16-17,20-22,34H,5,14-15,18-19,23-24H2,1-4H3,(H,47,52)(H,46,51,53);2H,1H3/b17-16+;. The zero-order valence-electron chi connectivity index (χ0n) is 32.8. The molecule has 6 heterocycles. The molecule has 2 aromatic carbocycles. The summed E-state index contributed by atoms with van der Waals surface area (Å²) in [6, 6.07) is 16.7. The van der Waals surface area contributed by atoms with Gasteiger partial charge in [0.25, 0.3) is 11.8 Å². The molecule has 3 aromatic heterocycles. The van der Waals surface area contributed by atoms with Crippen molar-refractivity contribution in [2.45, 2.75) is 78.2 Å². The van der Waals surface area contributed by atoms with Crippen molar-refractivity contribution in [2.24, 2.45) is 0 Å². The topological polar surface area (TPSA) is 159 Å². The van der Waals surface area contributed by atoms with E-state index in [1.54, 1.807) is 24.4 Å². The summed E-state index contributed by atoms with van der Waals surface area (Å²) in [6.07, 6.45) is 9.47. The number of aromatic nitrogens is 4. The second kappa shape index (κ2) is 16.0. The lowest BCUT2D eigenvalue weighted by atomic mass is 9.98. The molecule has 0 aliphatic carbocycles. The Morgan fingerprint density at radius 2 is 1.77 bits per heavy atom. The van der Waals surface area contributed by atoms with Crippen LogP contribution in [0.15, 0.2) is 73.1 Å². The number of fused-ring (bicyclic) bond motifs is 3. The number of nitrogens with one attached hydrogen (secondary N) is 2. The second-order valence-corrected chi connectivity index (χ2v) is 15.1. The number of pyridine rings is 2. The van der Waals surface area contributed by atoms with Crippen LogP contribution >= 0.6 is 0 Å². The molecule has 3 aliphatic heterocycles. The van der Waals surface area contributed by atoms with Gasteiger partial charge in [-0.25, -0.2) is 4.98 Å². The number of carbonyl (C=O) groups is 5. The van der Waals surface area contributed by atoms with Gasteiger partial charge >= 0.3 is 0 Å². The number of aldehydes is 1. The molecule has 4 amide bonds. The first-order valence-corrected chi connectivity index (χ1v) is 19.2. The van der Waals surface area contributed by atoms with Crippen LogP contribution in [0.3, 0.4) is 0 Å². The van der Waals surface area contributed by atoms with Crippen molar-refractivity contribution < 1.29 is 24.0 Å². The van der Waals surface area contributed by atoms with Crippen LogP contribution in [0.4, 0.5) is 0 Å². The van der Waals surface area contributed by atoms with Crippen molar-refractivity contribution in [3.63, 3.8) is 0 Å². The number of rotatable bonds is 8. The summed E-state index contributed by atoms with van der Waals surface area (Å²) in [4.78, 5) is 77.8. The van der Waals surface area contributed by atoms with Crippen LogP contribution in [-0.2, 0) is 40.4 Å². The Labute approximate surface area is 331 Å². The van der Waals surface area contributed by atoms with Gasteiger partial charge in [0.05, 0.1) is 22.6 Å². The number of nitrogens with zero attached hydrogens (tertiary/aromatic N) is 6. The minimum absolute atomic E-state index is 0.197. The lowest BCUT2D eigenvalue weighted by molar-refractivity contribution is -0.137. The normalized spacial score (nSPS) is 16.9. The number of imidazole rings is 1. The summed E-state index contributed by atoms with van der Waals surface area (Å²) in [6.45, 7) is 10.4. The van der Waals surface area contributed by atoms with Crippen molar-refractivity contribution in [2.75, 3.05) is 13.6 Å². The molecule has 1 saturated heterocycles. The Morgan fingerprint density at radius 3 is 2.51 bits per heavy atom. The Balaban J connectivity index is 0.00000160. The lowest BCUT2D eigenvalue weighted by Crippen LogP contribution is -2.52. The number of carbonyl (C=O) groups excluding carboxylic acids is 5. The Hall–Kier alpha value is -6.34. The maximum Gasteiger partial charge on any atom is 0.270 e. The van der Waals surface area contributed by atoms with E-state index in [0.29, 0.717) is 12.0 Å². The van der Waals surface area contributed by atoms with Gasteiger partial charge in [0.1, 0.15) is 23.8 Å². The van der Waals surface area contributed by atoms with Crippen LogP contribution in [0.2, 0.25) is 0 Å². The van der Waals surface area contributed by atoms with Crippen LogP contribution in [0.5, 0.6) is 0 Å². The zero-order chi connectivity index (χ0) is 40.4. The second-order valence-electron chi connectivity index (χ2n) is 15.1. The average Bonchev–Trinajstić information content (AvgIpc) is 3.73. The SMILES string of the molecule is CC=O.CCc1nc(-c2cccc3cc(-c4ccc(C(=O)NC(C)(C)/C=C/c5cccc6c5CN(C5CCC(=O)NC5=O)C6=O)nc4)ncc23)c2n1CCN(C)C2. The smallest absolute Gasteiger partial charge is 0.270 e. The van der Waals surface area contributed by atoms with E-state index >= 15 is 0 Å². The van der Waals surface area contributed by atoms with Gasteiger partial charge in [0.15, 0.2) is 0 Å². The Morgan fingerprint density at radius 1 is 1.00 bits per heavy atom. The van der Waals surface area contributed by atoms with Crippen molar-refractivity contribution in [3.8, 4) is 22.5 Å². The van der Waals surface area contributed by atoms with Gasteiger partial charge in [-0.05, 0) is 75.0 Å². The summed E-state index contributed by atoms with van der Waals surface area (Å²) in [5.74, 6) is -0.211. The van der Waals surface area contributed by atoms with E-state index in [4.69, 9.17) is 14.8 Å². The van der Waals surface area contributed by atoms with Crippen LogP contribution in [0, 0.1) is 0 Å². The van der Waals surface area contributed by atoms with Crippen molar-refractivity contribution in [3.05, 3.63) is 107 Å². The van der Waals surface area contributed by atoms with Gasteiger partial charge in [-0.1, -0.05) is 49.4 Å². The van der Waals surface area contributed by atoms with E-state index in [1.807, 2.05) is 44.3 Å². The number of imide groups is 1. The summed E-state index contributed by atoms with van der Waals surface area (Å²) in [5.41, 5.74) is 6.56. The first-order chi connectivity index (χ1) is 27.4. The molecular weight excluding hydrogens is 721 g/mol. The molecule has 1 unspecified atom stereocenters. The molecule has 0 radical (unpaired) electrons. The van der Waals surface area contributed by atoms with Crippen LogP contribution < -0.4 is 10.6 Å². The lowest BCUT2D eigenvalue weighted by Gasteiger charge is -2.29. The number of aryl methyl sites for hydroxylation is 1. The summed E-state index contributed by atoms with van der Waals surface area (Å²) in [7, 11) is 2.15. The molecular formula is C44H46N8O5. The maximum atomic E-state index is 13.4. The third kappa shape index (κ3) is 7.88. The van der Waals surface area contributed by atoms with Gasteiger partial charge < -0.3 is 19.6 Å². The van der Waals surface area contributed by atoms with E-state index in [1.165, 1.54) is 17.5 Å². The van der Waals surface area contributed by atoms with Gasteiger partial charge in [-0.2, -0.15) is 0 Å². The number of piperidine rings is 1. The first-order valence-electron chi connectivity index (χ1n) is 19.2. The minimum atomic E-state index is -0.759. The highest BCUT2D eigenvalue weighted by Crippen LogP contribution is 2.35. The van der Waals surface area contributed by atoms with Crippen molar-refractivity contribution >= 4 is 46.8 Å². The molecule has 1 fully saturated rings. The van der Waals surface area contributed by atoms with Crippen molar-refractivity contribution in [1.82, 2.24) is 40.0 Å². The molecule has 0 saturated carbocycles. The number of benzene rings is 2. The third-order valence-corrected chi connectivity index (χ3v) is 10.6. The number of amides is 4. The predicted molar refractivity (Wildman–Crippen MR) is 217 cm³/mol. The summed E-state index contributed by atoms with van der Waals surface area (Å²) < 4.78 is 2.37. The molecule has 0 spiro atoms. The van der Waals surface area contributed by atoms with E-state index in [2.05, 4.69) is 63.3 Å². The molecule has 5 aromatic rings. The fraction of sp³-hybridized carbons (Fsp3) is 0.318. The van der Waals surface area contributed by atoms with Gasteiger partial charge in [-0.15, -0.1) is 0 Å². The van der Waals surface area contributed by atoms with E-state index < -0.39 is 17.5 Å². The monoisotopic (exact) mass is 766 g/mol. The molecule has 1 atom stereocenters. The highest BCUT2D eigenvalue weighted by molar-refractivity contribution is 6.06. The number of hydrogen-bond donors (Lipinski definition) is 2. The Bertz CT molecular complexity index is 2430. The highest BCUT2D eigenvalue weighted by Gasteiger charge is 2.39. The molecule has 57 heavy (non-hydrogen) atoms. The van der Waals surface area contributed by atoms with E-state index in [9.17, 15) is 19.2 Å². The van der Waals surface area contributed by atoms with Crippen LogP contribution in [-0.4, -0.2) is 84.4 Å². The van der Waals surface area contributed by atoms with Gasteiger partial charge in [0, 0.05) is 73.5 Å². The van der Waals surface area contributed by atoms with E-state index in [0.717, 1.165) is 82.6 Å². The molecule has 0 bridgehead atoms. The van der Waals surface area contributed by atoms with Gasteiger partial charge in [-0.3, -0.25) is 39.4 Å². The van der Waals surface area contributed by atoms with Crippen LogP contribution in [0.25, 0.3) is 39.4 Å². The third-order valence-electron chi connectivity index (χ3n) is 10.6. The highest BCUT2D eigenvalue weighted by atomic mass is 16.2. The average molecular weight is 767 g/mol. The molecule has 13 nitrogen and oxygen atoms in total. The molecule has 3 aliphatic rings. The summed E-state index contributed by atoms with van der Waals surface area (Å²) >= 11 is 0. The zero-order valence-corrected chi connectivity index (χ0v) is 32.8. The fourth-order valence-corrected chi connectivity index (χ4v) is 7.73. The van der Waals surface area contributed by atoms with Gasteiger partial charge in [0.2, 0.25) is 11.8 Å². The first kappa shape index (κ1) is 38.9. The predicted octanol–water partition coefficient (Wildman–Crippen LogP) is 5.36. The number of likely N-dealkylation sites (N-methyl/N-ethyl adjacent to an activating group) is 1. The molecule has 8 rings (SSSR count). The van der Waals surface area contributed by atoms with Crippen LogP contribution in [0.1, 0.15) is 84.0 Å². The largest absolute Gasteiger partial charge is 0.342 e. The summed E-state index contributed by atoms with van der Waals surface area (Å²) in [5, 5.41) is 7.48. The van der Waals surface area contributed by atoms with Crippen molar-refractivity contribution in [1.29, 1.82) is 0 Å². The maximum absolute atomic E-state index is 13.4. The minimum Gasteiger partial charge on any atom is -0.342 e.